The Morgan fingerprint density at radius 2 is 2.05 bits per heavy atom. The van der Waals surface area contributed by atoms with E-state index in [1.165, 1.54) is 0 Å². The second kappa shape index (κ2) is 8.70. The third-order valence-electron chi connectivity index (χ3n) is 2.88. The van der Waals surface area contributed by atoms with Crippen LogP contribution in [0.5, 0.6) is 5.75 Å². The van der Waals surface area contributed by atoms with E-state index in [2.05, 4.69) is 24.4 Å². The molecule has 1 aromatic carbocycles. The number of ether oxygens (including phenoxy) is 1. The number of carbonyl (C=O) groups excluding carboxylic acids is 1. The van der Waals surface area contributed by atoms with Gasteiger partial charge in [0, 0.05) is 6.21 Å². The molecule has 0 aliphatic carbocycles. The Bertz CT molecular complexity index is 485. The van der Waals surface area contributed by atoms with Crippen molar-refractivity contribution in [3.63, 3.8) is 0 Å². The number of carbonyl (C=O) groups is 1. The van der Waals surface area contributed by atoms with Crippen LogP contribution >= 0.6 is 0 Å². The maximum absolute atomic E-state index is 11.5. The Morgan fingerprint density at radius 1 is 1.40 bits per heavy atom. The average Bonchev–Trinajstić information content (AvgIpc) is 2.50. The molecule has 0 aliphatic rings. The molecule has 1 aromatic rings. The summed E-state index contributed by atoms with van der Waals surface area (Å²) >= 11 is 0. The Kier molecular flexibility index (Phi) is 6.83. The minimum Gasteiger partial charge on any atom is -0.484 e. The molecule has 0 saturated heterocycles. The van der Waals surface area contributed by atoms with E-state index in [0.29, 0.717) is 17.2 Å². The SMILES string of the molecule is CCC(/C=N\NC(=O)COc1ccc(C#N)cc1)CC. The summed E-state index contributed by atoms with van der Waals surface area (Å²) in [6.07, 6.45) is 3.74. The van der Waals surface area contributed by atoms with Gasteiger partial charge in [0.1, 0.15) is 5.75 Å². The van der Waals surface area contributed by atoms with E-state index in [9.17, 15) is 4.79 Å². The van der Waals surface area contributed by atoms with Gasteiger partial charge in [0.25, 0.3) is 5.91 Å². The standard InChI is InChI=1S/C15H19N3O2/c1-3-12(4-2)10-17-18-15(19)11-20-14-7-5-13(9-16)6-8-14/h5-8,10,12H,3-4,11H2,1-2H3,(H,18,19)/b17-10-. The van der Waals surface area contributed by atoms with Crippen molar-refractivity contribution in [1.82, 2.24) is 5.43 Å². The van der Waals surface area contributed by atoms with Crippen molar-refractivity contribution < 1.29 is 9.53 Å². The first kappa shape index (κ1) is 15.7. The lowest BCUT2D eigenvalue weighted by Gasteiger charge is -2.06. The normalized spacial score (nSPS) is 10.5. The first-order valence-electron chi connectivity index (χ1n) is 6.64. The fourth-order valence-electron chi connectivity index (χ4n) is 1.52. The molecule has 1 amide bonds. The van der Waals surface area contributed by atoms with Crippen molar-refractivity contribution in [2.75, 3.05) is 6.61 Å². The molecule has 1 rings (SSSR count). The Hall–Kier alpha value is -2.35. The molecule has 0 saturated carbocycles. The molecule has 20 heavy (non-hydrogen) atoms. The molecule has 0 heterocycles. The average molecular weight is 273 g/mol. The van der Waals surface area contributed by atoms with Crippen molar-refractivity contribution in [3.8, 4) is 11.8 Å². The Balaban J connectivity index is 2.34. The summed E-state index contributed by atoms with van der Waals surface area (Å²) in [7, 11) is 0. The van der Waals surface area contributed by atoms with Crippen LogP contribution in [0.15, 0.2) is 29.4 Å². The molecule has 0 bridgehead atoms. The number of hydrogen-bond acceptors (Lipinski definition) is 4. The molecule has 0 spiro atoms. The minimum atomic E-state index is -0.309. The molecule has 5 nitrogen and oxygen atoms in total. The molecule has 0 aliphatic heterocycles. The van der Waals surface area contributed by atoms with Gasteiger partial charge < -0.3 is 4.74 Å². The highest BCUT2D eigenvalue weighted by Crippen LogP contribution is 2.11. The molecule has 0 radical (unpaired) electrons. The quantitative estimate of drug-likeness (QED) is 0.612. The first-order valence-corrected chi connectivity index (χ1v) is 6.64. The van der Waals surface area contributed by atoms with Gasteiger partial charge in [-0.3, -0.25) is 4.79 Å². The minimum absolute atomic E-state index is 0.105. The highest BCUT2D eigenvalue weighted by molar-refractivity contribution is 5.78. The zero-order chi connectivity index (χ0) is 14.8. The number of hydrazone groups is 1. The van der Waals surface area contributed by atoms with Crippen LogP contribution in [-0.2, 0) is 4.79 Å². The van der Waals surface area contributed by atoms with Gasteiger partial charge in [0.2, 0.25) is 0 Å². The number of nitrogens with zero attached hydrogens (tertiary/aromatic N) is 2. The summed E-state index contributed by atoms with van der Waals surface area (Å²) in [4.78, 5) is 11.5. The third kappa shape index (κ3) is 5.53. The van der Waals surface area contributed by atoms with Gasteiger partial charge in [0.05, 0.1) is 11.6 Å². The van der Waals surface area contributed by atoms with Crippen LogP contribution in [0.25, 0.3) is 0 Å². The van der Waals surface area contributed by atoms with Crippen LogP contribution in [0.1, 0.15) is 32.3 Å². The lowest BCUT2D eigenvalue weighted by atomic mass is 10.1. The smallest absolute Gasteiger partial charge is 0.277 e. The van der Waals surface area contributed by atoms with Crippen molar-refractivity contribution >= 4 is 12.1 Å². The second-order valence-electron chi connectivity index (χ2n) is 4.31. The number of amides is 1. The van der Waals surface area contributed by atoms with Crippen LogP contribution in [0, 0.1) is 17.2 Å². The van der Waals surface area contributed by atoms with E-state index in [1.807, 2.05) is 6.07 Å². The topological polar surface area (TPSA) is 74.5 Å². The Morgan fingerprint density at radius 3 is 2.60 bits per heavy atom. The molecule has 106 valence electrons. The fraction of sp³-hybridized carbons (Fsp3) is 0.400. The number of hydrogen-bond donors (Lipinski definition) is 1. The lowest BCUT2D eigenvalue weighted by molar-refractivity contribution is -0.123. The molecular weight excluding hydrogens is 254 g/mol. The van der Waals surface area contributed by atoms with Gasteiger partial charge in [-0.2, -0.15) is 10.4 Å². The van der Waals surface area contributed by atoms with Crippen LogP contribution in [0.4, 0.5) is 0 Å². The molecule has 0 aromatic heterocycles. The second-order valence-corrected chi connectivity index (χ2v) is 4.31. The van der Waals surface area contributed by atoms with E-state index in [0.717, 1.165) is 12.8 Å². The maximum Gasteiger partial charge on any atom is 0.277 e. The molecule has 1 N–H and O–H groups in total. The highest BCUT2D eigenvalue weighted by Gasteiger charge is 2.02. The van der Waals surface area contributed by atoms with Crippen LogP contribution in [0.2, 0.25) is 0 Å². The first-order chi connectivity index (χ1) is 9.69. The predicted octanol–water partition coefficient (Wildman–Crippen LogP) is 2.48. The number of benzene rings is 1. The largest absolute Gasteiger partial charge is 0.484 e. The predicted molar refractivity (Wildman–Crippen MR) is 77.4 cm³/mol. The molecule has 0 fully saturated rings. The number of nitriles is 1. The molecule has 0 atom stereocenters. The summed E-state index contributed by atoms with van der Waals surface area (Å²) in [5.74, 6) is 0.620. The Labute approximate surface area is 119 Å². The summed E-state index contributed by atoms with van der Waals surface area (Å²) in [6.45, 7) is 4.05. The van der Waals surface area contributed by atoms with Gasteiger partial charge >= 0.3 is 0 Å². The molecule has 5 heteroatoms. The number of nitrogens with one attached hydrogen (secondary N) is 1. The van der Waals surface area contributed by atoms with Gasteiger partial charge in [-0.05, 0) is 43.0 Å². The van der Waals surface area contributed by atoms with Crippen molar-refractivity contribution in [2.24, 2.45) is 11.0 Å². The van der Waals surface area contributed by atoms with E-state index in [1.54, 1.807) is 30.5 Å². The summed E-state index contributed by atoms with van der Waals surface area (Å²) in [5.41, 5.74) is 2.98. The molecule has 0 unspecified atom stereocenters. The van der Waals surface area contributed by atoms with Crippen LogP contribution in [-0.4, -0.2) is 18.7 Å². The van der Waals surface area contributed by atoms with Gasteiger partial charge in [-0.25, -0.2) is 5.43 Å². The maximum atomic E-state index is 11.5. The van der Waals surface area contributed by atoms with Crippen molar-refractivity contribution in [3.05, 3.63) is 29.8 Å². The van der Waals surface area contributed by atoms with E-state index in [4.69, 9.17) is 10.00 Å². The summed E-state index contributed by atoms with van der Waals surface area (Å²) < 4.78 is 5.28. The molecular formula is C15H19N3O2. The summed E-state index contributed by atoms with van der Waals surface area (Å²) in [5, 5.41) is 12.6. The van der Waals surface area contributed by atoms with E-state index >= 15 is 0 Å². The lowest BCUT2D eigenvalue weighted by Crippen LogP contribution is -2.25. The van der Waals surface area contributed by atoms with Gasteiger partial charge in [-0.15, -0.1) is 0 Å². The summed E-state index contributed by atoms with van der Waals surface area (Å²) in [6, 6.07) is 8.59. The van der Waals surface area contributed by atoms with Crippen LogP contribution in [0.3, 0.4) is 0 Å². The highest BCUT2D eigenvalue weighted by atomic mass is 16.5. The zero-order valence-corrected chi connectivity index (χ0v) is 11.8. The fourth-order valence-corrected chi connectivity index (χ4v) is 1.52. The van der Waals surface area contributed by atoms with Gasteiger partial charge in [-0.1, -0.05) is 13.8 Å². The monoisotopic (exact) mass is 273 g/mol. The zero-order valence-electron chi connectivity index (χ0n) is 11.8. The van der Waals surface area contributed by atoms with E-state index < -0.39 is 0 Å². The van der Waals surface area contributed by atoms with E-state index in [-0.39, 0.29) is 12.5 Å². The van der Waals surface area contributed by atoms with Crippen LogP contribution < -0.4 is 10.2 Å². The van der Waals surface area contributed by atoms with Gasteiger partial charge in [0.15, 0.2) is 6.61 Å². The number of rotatable bonds is 7. The van der Waals surface area contributed by atoms with Crippen molar-refractivity contribution in [2.45, 2.75) is 26.7 Å². The third-order valence-corrected chi connectivity index (χ3v) is 2.88. The van der Waals surface area contributed by atoms with Crippen molar-refractivity contribution in [1.29, 1.82) is 5.26 Å².